The van der Waals surface area contributed by atoms with E-state index in [-0.39, 0.29) is 6.10 Å². The fourth-order valence-electron chi connectivity index (χ4n) is 2.58. The summed E-state index contributed by atoms with van der Waals surface area (Å²) in [4.78, 5) is 10.6. The average molecular weight is 295 g/mol. The maximum absolute atomic E-state index is 10.6. The molecule has 3 nitrogen and oxygen atoms in total. The third-order valence-electron chi connectivity index (χ3n) is 3.56. The molecule has 0 spiro atoms. The molecule has 0 aliphatic heterocycles. The first-order chi connectivity index (χ1) is 9.54. The van der Waals surface area contributed by atoms with Crippen LogP contribution in [0.25, 0.3) is 6.08 Å². The first-order valence-corrected chi connectivity index (χ1v) is 7.29. The molecule has 2 unspecified atom stereocenters. The van der Waals surface area contributed by atoms with Crippen molar-refractivity contribution in [3.8, 4) is 5.75 Å². The average Bonchev–Trinajstić information content (AvgIpc) is 2.39. The van der Waals surface area contributed by atoms with E-state index in [9.17, 15) is 4.79 Å². The fraction of sp³-hybridized carbons (Fsp3) is 0.438. The zero-order valence-corrected chi connectivity index (χ0v) is 12.3. The second kappa shape index (κ2) is 6.80. The Hall–Kier alpha value is -1.48. The molecule has 1 N–H and O–H groups in total. The number of hydrogen-bond donors (Lipinski definition) is 1. The highest BCUT2D eigenvalue weighted by atomic mass is 35.5. The highest BCUT2D eigenvalue weighted by molar-refractivity contribution is 6.30. The second-order valence-electron chi connectivity index (χ2n) is 5.37. The van der Waals surface area contributed by atoms with Crippen LogP contribution in [0, 0.1) is 5.92 Å². The zero-order valence-electron chi connectivity index (χ0n) is 11.5. The van der Waals surface area contributed by atoms with Crippen molar-refractivity contribution in [2.45, 2.75) is 38.7 Å². The van der Waals surface area contributed by atoms with Gasteiger partial charge in [-0.1, -0.05) is 24.9 Å². The number of rotatable bonds is 4. The molecule has 0 aromatic heterocycles. The van der Waals surface area contributed by atoms with Crippen molar-refractivity contribution in [3.05, 3.63) is 34.9 Å². The molecule has 2 rings (SSSR count). The van der Waals surface area contributed by atoms with Crippen molar-refractivity contribution in [2.24, 2.45) is 5.92 Å². The van der Waals surface area contributed by atoms with E-state index in [1.807, 2.05) is 6.07 Å². The largest absolute Gasteiger partial charge is 0.490 e. The summed E-state index contributed by atoms with van der Waals surface area (Å²) in [6.45, 7) is 2.24. The van der Waals surface area contributed by atoms with Gasteiger partial charge in [-0.3, -0.25) is 0 Å². The van der Waals surface area contributed by atoms with E-state index in [4.69, 9.17) is 21.4 Å². The number of carboxylic acid groups (broad SMARTS) is 1. The highest BCUT2D eigenvalue weighted by Crippen LogP contribution is 2.30. The summed E-state index contributed by atoms with van der Waals surface area (Å²) in [7, 11) is 0. The predicted octanol–water partition coefficient (Wildman–Crippen LogP) is 4.40. The van der Waals surface area contributed by atoms with Crippen LogP contribution >= 0.6 is 11.6 Å². The van der Waals surface area contributed by atoms with Gasteiger partial charge in [0.1, 0.15) is 5.75 Å². The van der Waals surface area contributed by atoms with Gasteiger partial charge in [0.15, 0.2) is 0 Å². The molecule has 0 amide bonds. The molecule has 1 saturated carbocycles. The molecule has 1 aliphatic carbocycles. The van der Waals surface area contributed by atoms with Crippen LogP contribution in [-0.2, 0) is 4.79 Å². The Balaban J connectivity index is 2.15. The summed E-state index contributed by atoms with van der Waals surface area (Å²) in [5.41, 5.74) is 0.707. The van der Waals surface area contributed by atoms with Crippen LogP contribution in [0.2, 0.25) is 5.02 Å². The van der Waals surface area contributed by atoms with Gasteiger partial charge in [-0.2, -0.15) is 0 Å². The highest BCUT2D eigenvalue weighted by Gasteiger charge is 2.20. The van der Waals surface area contributed by atoms with Gasteiger partial charge in [0.05, 0.1) is 6.10 Å². The van der Waals surface area contributed by atoms with Gasteiger partial charge in [-0.25, -0.2) is 4.79 Å². The van der Waals surface area contributed by atoms with Crippen LogP contribution in [0.3, 0.4) is 0 Å². The maximum Gasteiger partial charge on any atom is 0.328 e. The number of carbonyl (C=O) groups is 1. The van der Waals surface area contributed by atoms with E-state index in [1.54, 1.807) is 12.1 Å². The van der Waals surface area contributed by atoms with Crippen LogP contribution in [0.4, 0.5) is 0 Å². The Morgan fingerprint density at radius 2 is 2.25 bits per heavy atom. The predicted molar refractivity (Wildman–Crippen MR) is 80.2 cm³/mol. The second-order valence-corrected chi connectivity index (χ2v) is 5.80. The normalized spacial score (nSPS) is 22.9. The Morgan fingerprint density at radius 3 is 2.95 bits per heavy atom. The molecule has 1 aromatic rings. The minimum atomic E-state index is -0.984. The van der Waals surface area contributed by atoms with Crippen molar-refractivity contribution in [2.75, 3.05) is 0 Å². The van der Waals surface area contributed by atoms with Crippen molar-refractivity contribution in [1.29, 1.82) is 0 Å². The number of aliphatic carboxylic acids is 1. The maximum atomic E-state index is 10.6. The van der Waals surface area contributed by atoms with Crippen LogP contribution in [0.5, 0.6) is 5.75 Å². The SMILES string of the molecule is CC1CCCC(Oc2ccc(Cl)cc2C=CC(=O)O)C1. The van der Waals surface area contributed by atoms with E-state index < -0.39 is 5.97 Å². The van der Waals surface area contributed by atoms with Crippen molar-refractivity contribution in [3.63, 3.8) is 0 Å². The number of hydrogen-bond acceptors (Lipinski definition) is 2. The van der Waals surface area contributed by atoms with E-state index in [0.717, 1.165) is 18.9 Å². The lowest BCUT2D eigenvalue weighted by atomic mass is 9.88. The molecule has 2 atom stereocenters. The van der Waals surface area contributed by atoms with E-state index in [1.165, 1.54) is 18.9 Å². The van der Waals surface area contributed by atoms with Crippen LogP contribution in [0.1, 0.15) is 38.2 Å². The van der Waals surface area contributed by atoms with Crippen molar-refractivity contribution < 1.29 is 14.6 Å². The summed E-state index contributed by atoms with van der Waals surface area (Å²) in [6.07, 6.45) is 7.36. The molecule has 0 saturated heterocycles. The molecule has 20 heavy (non-hydrogen) atoms. The standard InChI is InChI=1S/C16H19ClO3/c1-11-3-2-4-14(9-11)20-15-7-6-13(17)10-12(15)5-8-16(18)19/h5-8,10-11,14H,2-4,9H2,1H3,(H,18,19). The Bertz CT molecular complexity index is 510. The molecule has 1 fully saturated rings. The molecule has 108 valence electrons. The third kappa shape index (κ3) is 4.27. The zero-order chi connectivity index (χ0) is 14.5. The van der Waals surface area contributed by atoms with E-state index in [2.05, 4.69) is 6.92 Å². The van der Waals surface area contributed by atoms with E-state index >= 15 is 0 Å². The summed E-state index contributed by atoms with van der Waals surface area (Å²) >= 11 is 5.96. The summed E-state index contributed by atoms with van der Waals surface area (Å²) < 4.78 is 6.04. The van der Waals surface area contributed by atoms with Gasteiger partial charge in [-0.15, -0.1) is 0 Å². The minimum Gasteiger partial charge on any atom is -0.490 e. The summed E-state index contributed by atoms with van der Waals surface area (Å²) in [5, 5.41) is 9.30. The molecule has 1 aliphatic rings. The molecule has 4 heteroatoms. The molecule has 0 radical (unpaired) electrons. The lowest BCUT2D eigenvalue weighted by Crippen LogP contribution is -2.24. The van der Waals surface area contributed by atoms with Gasteiger partial charge in [0.2, 0.25) is 0 Å². The van der Waals surface area contributed by atoms with Crippen LogP contribution in [-0.4, -0.2) is 17.2 Å². The number of ether oxygens (including phenoxy) is 1. The first kappa shape index (κ1) is 14.9. The monoisotopic (exact) mass is 294 g/mol. The first-order valence-electron chi connectivity index (χ1n) is 6.92. The van der Waals surface area contributed by atoms with Gasteiger partial charge in [-0.05, 0) is 49.5 Å². The lowest BCUT2D eigenvalue weighted by Gasteiger charge is -2.28. The Labute approximate surface area is 124 Å². The number of carboxylic acids is 1. The smallest absolute Gasteiger partial charge is 0.328 e. The summed E-state index contributed by atoms with van der Waals surface area (Å²) in [6, 6.07) is 5.30. The molecule has 1 aromatic carbocycles. The Morgan fingerprint density at radius 1 is 1.45 bits per heavy atom. The van der Waals surface area contributed by atoms with Gasteiger partial charge in [0.25, 0.3) is 0 Å². The fourth-order valence-corrected chi connectivity index (χ4v) is 2.76. The van der Waals surface area contributed by atoms with Gasteiger partial charge >= 0.3 is 5.97 Å². The molecule has 0 bridgehead atoms. The molecular weight excluding hydrogens is 276 g/mol. The van der Waals surface area contributed by atoms with Crippen LogP contribution < -0.4 is 4.74 Å². The molecular formula is C16H19ClO3. The Kier molecular flexibility index (Phi) is 5.07. The van der Waals surface area contributed by atoms with Gasteiger partial charge < -0.3 is 9.84 Å². The third-order valence-corrected chi connectivity index (χ3v) is 3.79. The quantitative estimate of drug-likeness (QED) is 0.838. The topological polar surface area (TPSA) is 46.5 Å². The minimum absolute atomic E-state index is 0.205. The van der Waals surface area contributed by atoms with Crippen molar-refractivity contribution >= 4 is 23.6 Å². The van der Waals surface area contributed by atoms with Crippen LogP contribution in [0.15, 0.2) is 24.3 Å². The number of halogens is 1. The number of benzene rings is 1. The van der Waals surface area contributed by atoms with Gasteiger partial charge in [0, 0.05) is 16.7 Å². The lowest BCUT2D eigenvalue weighted by molar-refractivity contribution is -0.131. The summed E-state index contributed by atoms with van der Waals surface area (Å²) in [5.74, 6) is 0.396. The molecule has 0 heterocycles. The van der Waals surface area contributed by atoms with E-state index in [0.29, 0.717) is 22.3 Å². The van der Waals surface area contributed by atoms with Crippen molar-refractivity contribution in [1.82, 2.24) is 0 Å².